The van der Waals surface area contributed by atoms with E-state index in [0.717, 1.165) is 5.56 Å². The Labute approximate surface area is 224 Å². The second kappa shape index (κ2) is 12.4. The van der Waals surface area contributed by atoms with E-state index in [4.69, 9.17) is 11.6 Å². The van der Waals surface area contributed by atoms with E-state index >= 15 is 0 Å². The molecule has 0 radical (unpaired) electrons. The topological polar surface area (TPSA) is 75.3 Å². The van der Waals surface area contributed by atoms with Crippen LogP contribution in [0.25, 0.3) is 12.2 Å². The molecule has 0 aliphatic heterocycles. The van der Waals surface area contributed by atoms with Crippen LogP contribution in [-0.2, 0) is 4.79 Å². The first-order valence-electron chi connectivity index (χ1n) is 11.6. The number of ketones is 1. The molecule has 2 N–H and O–H groups in total. The van der Waals surface area contributed by atoms with Crippen molar-refractivity contribution in [2.75, 3.05) is 5.32 Å². The van der Waals surface area contributed by atoms with Crippen LogP contribution in [0.5, 0.6) is 0 Å². The second-order valence-corrected chi connectivity index (χ2v) is 8.56. The lowest BCUT2D eigenvalue weighted by atomic mass is 10.1. The molecule has 0 unspecified atom stereocenters. The SMILES string of the molecule is O=C(Nc1ccc(C(=O)/C=C/c2c(F)cccc2Cl)cc1)/C(=C/c1ccccc1)NC(=O)c1ccccc1. The molecule has 0 heterocycles. The Morgan fingerprint density at radius 2 is 1.39 bits per heavy atom. The molecule has 5 nitrogen and oxygen atoms in total. The number of rotatable bonds is 8. The van der Waals surface area contributed by atoms with Crippen LogP contribution in [0.1, 0.15) is 31.8 Å². The van der Waals surface area contributed by atoms with Gasteiger partial charge < -0.3 is 10.6 Å². The van der Waals surface area contributed by atoms with Gasteiger partial charge in [0.2, 0.25) is 0 Å². The standard InChI is InChI=1S/C31H22ClFN2O3/c32-26-12-7-13-27(33)25(26)18-19-29(36)22-14-16-24(17-15-22)34-31(38)28(20-21-8-3-1-4-9-21)35-30(37)23-10-5-2-6-11-23/h1-20H,(H,34,38)(H,35,37)/b19-18+,28-20-. The first-order valence-corrected chi connectivity index (χ1v) is 12.0. The molecule has 7 heteroatoms. The van der Waals surface area contributed by atoms with Crippen LogP contribution in [-0.4, -0.2) is 17.6 Å². The number of hydrogen-bond acceptors (Lipinski definition) is 3. The van der Waals surface area contributed by atoms with Gasteiger partial charge in [-0.1, -0.05) is 66.2 Å². The number of nitrogens with one attached hydrogen (secondary N) is 2. The zero-order valence-corrected chi connectivity index (χ0v) is 20.8. The lowest BCUT2D eigenvalue weighted by Crippen LogP contribution is -2.30. The lowest BCUT2D eigenvalue weighted by Gasteiger charge is -2.12. The molecule has 38 heavy (non-hydrogen) atoms. The number of halogens is 2. The van der Waals surface area contributed by atoms with Gasteiger partial charge >= 0.3 is 0 Å². The molecule has 188 valence electrons. The minimum Gasteiger partial charge on any atom is -0.321 e. The summed E-state index contributed by atoms with van der Waals surface area (Å²) in [4.78, 5) is 38.4. The van der Waals surface area contributed by atoms with E-state index < -0.39 is 17.6 Å². The quantitative estimate of drug-likeness (QED) is 0.197. The average Bonchev–Trinajstić information content (AvgIpc) is 2.93. The van der Waals surface area contributed by atoms with Crippen molar-refractivity contribution in [2.45, 2.75) is 0 Å². The van der Waals surface area contributed by atoms with Crippen molar-refractivity contribution in [1.29, 1.82) is 0 Å². The van der Waals surface area contributed by atoms with E-state index in [9.17, 15) is 18.8 Å². The second-order valence-electron chi connectivity index (χ2n) is 8.15. The van der Waals surface area contributed by atoms with Gasteiger partial charge in [0, 0.05) is 22.4 Å². The van der Waals surface area contributed by atoms with Crippen molar-refractivity contribution in [3.05, 3.63) is 148 Å². The Morgan fingerprint density at radius 1 is 0.737 bits per heavy atom. The van der Waals surface area contributed by atoms with E-state index in [1.165, 1.54) is 42.5 Å². The van der Waals surface area contributed by atoms with Gasteiger partial charge in [-0.25, -0.2) is 4.39 Å². The molecule has 0 atom stereocenters. The Morgan fingerprint density at radius 3 is 2.05 bits per heavy atom. The summed E-state index contributed by atoms with van der Waals surface area (Å²) in [6, 6.07) is 28.2. The summed E-state index contributed by atoms with van der Waals surface area (Å²) in [5, 5.41) is 5.62. The highest BCUT2D eigenvalue weighted by Gasteiger charge is 2.15. The van der Waals surface area contributed by atoms with Gasteiger partial charge in [0.25, 0.3) is 11.8 Å². The minimum absolute atomic E-state index is 0.0508. The molecule has 0 aliphatic carbocycles. The maximum atomic E-state index is 13.9. The fraction of sp³-hybridized carbons (Fsp3) is 0. The summed E-state index contributed by atoms with van der Waals surface area (Å²) >= 11 is 6.00. The summed E-state index contributed by atoms with van der Waals surface area (Å²) in [6.45, 7) is 0. The molecular weight excluding hydrogens is 503 g/mol. The van der Waals surface area contributed by atoms with Crippen LogP contribution >= 0.6 is 11.6 Å². The number of amides is 2. The fourth-order valence-electron chi connectivity index (χ4n) is 3.50. The molecule has 0 saturated carbocycles. The first kappa shape index (κ1) is 26.3. The maximum Gasteiger partial charge on any atom is 0.272 e. The molecular formula is C31H22ClFN2O3. The molecule has 0 fully saturated rings. The average molecular weight is 525 g/mol. The van der Waals surface area contributed by atoms with Gasteiger partial charge in [-0.2, -0.15) is 0 Å². The van der Waals surface area contributed by atoms with Gasteiger partial charge in [-0.15, -0.1) is 0 Å². The van der Waals surface area contributed by atoms with E-state index in [1.54, 1.807) is 48.5 Å². The third kappa shape index (κ3) is 6.90. The summed E-state index contributed by atoms with van der Waals surface area (Å²) < 4.78 is 13.9. The molecule has 4 aromatic carbocycles. The van der Waals surface area contributed by atoms with Gasteiger partial charge in [-0.3, -0.25) is 14.4 Å². The molecule has 0 bridgehead atoms. The molecule has 2 amide bonds. The highest BCUT2D eigenvalue weighted by molar-refractivity contribution is 6.32. The number of hydrogen-bond donors (Lipinski definition) is 2. The number of carbonyl (C=O) groups excluding carboxylic acids is 3. The van der Waals surface area contributed by atoms with Crippen molar-refractivity contribution >= 4 is 47.0 Å². The largest absolute Gasteiger partial charge is 0.321 e. The van der Waals surface area contributed by atoms with Crippen LogP contribution in [0.3, 0.4) is 0 Å². The number of carbonyl (C=O) groups is 3. The Balaban J connectivity index is 1.49. The smallest absolute Gasteiger partial charge is 0.272 e. The van der Waals surface area contributed by atoms with E-state index in [1.807, 2.05) is 30.3 Å². The third-order valence-corrected chi connectivity index (χ3v) is 5.80. The summed E-state index contributed by atoms with van der Waals surface area (Å²) in [7, 11) is 0. The van der Waals surface area contributed by atoms with Gasteiger partial charge in [0.1, 0.15) is 11.5 Å². The Bertz CT molecular complexity index is 1500. The Hall–Kier alpha value is -4.81. The Kier molecular flexibility index (Phi) is 8.59. The minimum atomic E-state index is -0.536. The van der Waals surface area contributed by atoms with Crippen molar-refractivity contribution < 1.29 is 18.8 Å². The van der Waals surface area contributed by atoms with Gasteiger partial charge in [-0.05, 0) is 72.3 Å². The highest BCUT2D eigenvalue weighted by Crippen LogP contribution is 2.21. The predicted octanol–water partition coefficient (Wildman–Crippen LogP) is 6.78. The highest BCUT2D eigenvalue weighted by atomic mass is 35.5. The van der Waals surface area contributed by atoms with Crippen molar-refractivity contribution in [3.8, 4) is 0 Å². The zero-order chi connectivity index (χ0) is 26.9. The summed E-state index contributed by atoms with van der Waals surface area (Å²) in [5.74, 6) is -1.85. The molecule has 0 aromatic heterocycles. The van der Waals surface area contributed by atoms with Crippen molar-refractivity contribution in [1.82, 2.24) is 5.32 Å². The van der Waals surface area contributed by atoms with E-state index in [0.29, 0.717) is 16.8 Å². The predicted molar refractivity (Wildman–Crippen MR) is 148 cm³/mol. The van der Waals surface area contributed by atoms with Crippen LogP contribution in [0, 0.1) is 5.82 Å². The van der Waals surface area contributed by atoms with Crippen molar-refractivity contribution in [2.24, 2.45) is 0 Å². The van der Waals surface area contributed by atoms with E-state index in [-0.39, 0.29) is 22.1 Å². The van der Waals surface area contributed by atoms with Crippen LogP contribution < -0.4 is 10.6 Å². The molecule has 4 rings (SSSR count). The van der Waals surface area contributed by atoms with Gasteiger partial charge in [0.05, 0.1) is 5.02 Å². The van der Waals surface area contributed by atoms with E-state index in [2.05, 4.69) is 10.6 Å². The fourth-order valence-corrected chi connectivity index (χ4v) is 3.73. The van der Waals surface area contributed by atoms with Crippen molar-refractivity contribution in [3.63, 3.8) is 0 Å². The monoisotopic (exact) mass is 524 g/mol. The van der Waals surface area contributed by atoms with Crippen LogP contribution in [0.4, 0.5) is 10.1 Å². The third-order valence-electron chi connectivity index (χ3n) is 5.47. The maximum absolute atomic E-state index is 13.9. The molecule has 0 spiro atoms. The molecule has 0 aliphatic rings. The normalized spacial score (nSPS) is 11.3. The van der Waals surface area contributed by atoms with Gasteiger partial charge in [0.15, 0.2) is 5.78 Å². The summed E-state index contributed by atoms with van der Waals surface area (Å²) in [6.07, 6.45) is 4.14. The zero-order valence-electron chi connectivity index (χ0n) is 20.0. The first-order chi connectivity index (χ1) is 18.4. The lowest BCUT2D eigenvalue weighted by molar-refractivity contribution is -0.113. The number of benzene rings is 4. The number of allylic oxidation sites excluding steroid dienone is 1. The van der Waals surface area contributed by atoms with Crippen LogP contribution in [0.15, 0.2) is 115 Å². The van der Waals surface area contributed by atoms with Crippen LogP contribution in [0.2, 0.25) is 5.02 Å². The molecule has 4 aromatic rings. The molecule has 0 saturated heterocycles. The number of anilines is 1. The summed E-state index contributed by atoms with van der Waals surface area (Å²) in [5.41, 5.74) is 2.07.